The van der Waals surface area contributed by atoms with Crippen molar-refractivity contribution in [2.24, 2.45) is 0 Å². The van der Waals surface area contributed by atoms with Crippen LogP contribution >= 0.6 is 11.8 Å². The summed E-state index contributed by atoms with van der Waals surface area (Å²) >= 11 is 5.07. The third kappa shape index (κ3) is 5.34. The van der Waals surface area contributed by atoms with Gasteiger partial charge in [0.05, 0.1) is 5.75 Å². The third-order valence-electron chi connectivity index (χ3n) is 1.21. The average Bonchev–Trinajstić information content (AvgIpc) is 1.85. The van der Waals surface area contributed by atoms with Gasteiger partial charge in [-0.15, -0.1) is 0 Å². The van der Waals surface area contributed by atoms with Gasteiger partial charge in [-0.2, -0.15) is 0 Å². The Morgan fingerprint density at radius 2 is 2.17 bits per heavy atom. The van der Waals surface area contributed by atoms with Gasteiger partial charge in [-0.05, 0) is 18.2 Å². The lowest BCUT2D eigenvalue weighted by Gasteiger charge is -2.07. The van der Waals surface area contributed by atoms with Crippen LogP contribution in [0.4, 0.5) is 0 Å². The lowest BCUT2D eigenvalue weighted by atomic mass is 10.2. The molecule has 0 aromatic heterocycles. The van der Waals surface area contributed by atoms with Gasteiger partial charge in [0, 0.05) is 6.26 Å². The molecule has 0 fully saturated rings. The molecule has 0 radical (unpaired) electrons. The van der Waals surface area contributed by atoms with Crippen LogP contribution in [0.1, 0.15) is 6.42 Å². The number of rotatable bonds is 5. The van der Waals surface area contributed by atoms with Crippen molar-refractivity contribution in [3.05, 3.63) is 0 Å². The second kappa shape index (κ2) is 4.64. The normalized spacial score (nSPS) is 14.2. The smallest absolute Gasteiger partial charge is 0.321 e. The highest BCUT2D eigenvalue weighted by molar-refractivity contribution is 7.90. The molecule has 1 atom stereocenters. The van der Waals surface area contributed by atoms with Crippen molar-refractivity contribution in [2.75, 3.05) is 12.0 Å². The van der Waals surface area contributed by atoms with Crippen molar-refractivity contribution in [2.45, 2.75) is 12.5 Å². The number of aliphatic carboxylic acids is 1. The molecule has 72 valence electrons. The summed E-state index contributed by atoms with van der Waals surface area (Å²) in [5, 5.41) is 8.43. The SMILES string of the molecule is CS(=O)(=O)CC[C@H](NCl)C(=O)O. The van der Waals surface area contributed by atoms with E-state index in [1.807, 2.05) is 4.84 Å². The third-order valence-corrected chi connectivity index (χ3v) is 2.45. The second-order valence-electron chi connectivity index (χ2n) is 2.42. The predicted molar refractivity (Wildman–Crippen MR) is 44.7 cm³/mol. The van der Waals surface area contributed by atoms with Crippen molar-refractivity contribution >= 4 is 27.6 Å². The van der Waals surface area contributed by atoms with Gasteiger partial charge in [0.2, 0.25) is 0 Å². The summed E-state index contributed by atoms with van der Waals surface area (Å²) < 4.78 is 21.2. The molecule has 0 spiro atoms. The molecular formula is C5H10ClNO4S. The summed E-state index contributed by atoms with van der Waals surface area (Å²) in [7, 11) is -3.12. The fraction of sp³-hybridized carbons (Fsp3) is 0.800. The molecule has 0 aliphatic heterocycles. The summed E-state index contributed by atoms with van der Waals surface area (Å²) in [5.74, 6) is -1.35. The molecule has 5 nitrogen and oxygen atoms in total. The molecule has 0 bridgehead atoms. The van der Waals surface area contributed by atoms with Crippen LogP contribution in [0.25, 0.3) is 0 Å². The molecule has 12 heavy (non-hydrogen) atoms. The minimum absolute atomic E-state index is 0.0301. The maximum atomic E-state index is 10.6. The van der Waals surface area contributed by atoms with Gasteiger partial charge in [-0.3, -0.25) is 4.79 Å². The lowest BCUT2D eigenvalue weighted by Crippen LogP contribution is -2.32. The molecule has 0 unspecified atom stereocenters. The Bertz CT molecular complexity index is 250. The molecule has 0 aliphatic rings. The molecule has 2 N–H and O–H groups in total. The number of sulfone groups is 1. The number of nitrogens with one attached hydrogen (secondary N) is 1. The van der Waals surface area contributed by atoms with E-state index in [9.17, 15) is 13.2 Å². The standard InChI is InChI=1S/C5H10ClNO4S/c1-12(10,11)3-2-4(7-6)5(8)9/h4,7H,2-3H2,1H3,(H,8,9)/t4-/m0/s1. The maximum Gasteiger partial charge on any atom is 0.321 e. The molecule has 0 aromatic carbocycles. The van der Waals surface area contributed by atoms with E-state index in [4.69, 9.17) is 16.9 Å². The zero-order valence-electron chi connectivity index (χ0n) is 6.45. The molecule has 0 saturated carbocycles. The number of carbonyl (C=O) groups is 1. The molecule has 7 heteroatoms. The highest BCUT2D eigenvalue weighted by Gasteiger charge is 2.17. The first-order valence-corrected chi connectivity index (χ1v) is 5.57. The van der Waals surface area contributed by atoms with E-state index in [1.54, 1.807) is 0 Å². The van der Waals surface area contributed by atoms with E-state index in [-0.39, 0.29) is 12.2 Å². The minimum atomic E-state index is -3.12. The average molecular weight is 216 g/mol. The lowest BCUT2D eigenvalue weighted by molar-refractivity contribution is -0.138. The minimum Gasteiger partial charge on any atom is -0.480 e. The summed E-state index contributed by atoms with van der Waals surface area (Å²) in [4.78, 5) is 12.3. The van der Waals surface area contributed by atoms with Gasteiger partial charge in [-0.25, -0.2) is 13.3 Å². The molecule has 0 heterocycles. The van der Waals surface area contributed by atoms with E-state index in [0.29, 0.717) is 0 Å². The van der Waals surface area contributed by atoms with E-state index in [2.05, 4.69) is 0 Å². The molecule has 0 saturated heterocycles. The van der Waals surface area contributed by atoms with Gasteiger partial charge in [0.25, 0.3) is 0 Å². The van der Waals surface area contributed by atoms with E-state index in [1.165, 1.54) is 0 Å². The van der Waals surface area contributed by atoms with Crippen molar-refractivity contribution in [3.63, 3.8) is 0 Å². The first-order chi connectivity index (χ1) is 5.37. The van der Waals surface area contributed by atoms with Crippen molar-refractivity contribution in [3.8, 4) is 0 Å². The van der Waals surface area contributed by atoms with Gasteiger partial charge in [0.1, 0.15) is 15.9 Å². The fourth-order valence-electron chi connectivity index (χ4n) is 0.557. The highest BCUT2D eigenvalue weighted by Crippen LogP contribution is 1.97. The van der Waals surface area contributed by atoms with Crippen molar-refractivity contribution in [1.29, 1.82) is 0 Å². The zero-order valence-corrected chi connectivity index (χ0v) is 8.02. The number of halogens is 1. The van der Waals surface area contributed by atoms with Crippen molar-refractivity contribution < 1.29 is 18.3 Å². The molecule has 0 aliphatic carbocycles. The Kier molecular flexibility index (Phi) is 4.51. The number of hydrogen-bond acceptors (Lipinski definition) is 4. The van der Waals surface area contributed by atoms with Gasteiger partial charge in [-0.1, -0.05) is 0 Å². The number of carboxylic acid groups (broad SMARTS) is 1. The van der Waals surface area contributed by atoms with Crippen LogP contribution in [-0.4, -0.2) is 37.5 Å². The monoisotopic (exact) mass is 215 g/mol. The summed E-state index contributed by atoms with van der Waals surface area (Å²) in [6.45, 7) is 0. The van der Waals surface area contributed by atoms with Crippen LogP contribution in [0.5, 0.6) is 0 Å². The van der Waals surface area contributed by atoms with Crippen LogP contribution in [0.15, 0.2) is 0 Å². The van der Waals surface area contributed by atoms with E-state index < -0.39 is 21.8 Å². The maximum absolute atomic E-state index is 10.6. The van der Waals surface area contributed by atoms with Crippen molar-refractivity contribution in [1.82, 2.24) is 4.84 Å². The fourth-order valence-corrected chi connectivity index (χ4v) is 1.42. The van der Waals surface area contributed by atoms with Crippen LogP contribution in [0.3, 0.4) is 0 Å². The molecule has 0 rings (SSSR count). The van der Waals surface area contributed by atoms with Gasteiger partial charge >= 0.3 is 5.97 Å². The summed E-state index contributed by atoms with van der Waals surface area (Å²) in [6.07, 6.45) is 1.01. The Balaban J connectivity index is 3.98. The van der Waals surface area contributed by atoms with Gasteiger partial charge < -0.3 is 5.11 Å². The second-order valence-corrected chi connectivity index (χ2v) is 4.90. The quantitative estimate of drug-likeness (QED) is 0.611. The topological polar surface area (TPSA) is 83.5 Å². The molecule has 0 amide bonds. The summed E-state index contributed by atoms with van der Waals surface area (Å²) in [6, 6.07) is -1.01. The van der Waals surface area contributed by atoms with E-state index in [0.717, 1.165) is 6.26 Å². The number of hydrogen-bond donors (Lipinski definition) is 2. The highest BCUT2D eigenvalue weighted by atomic mass is 35.5. The van der Waals surface area contributed by atoms with Crippen LogP contribution in [0, 0.1) is 0 Å². The number of carboxylic acids is 1. The Labute approximate surface area is 75.7 Å². The van der Waals surface area contributed by atoms with Crippen LogP contribution in [0.2, 0.25) is 0 Å². The summed E-state index contributed by atoms with van der Waals surface area (Å²) in [5.41, 5.74) is 0. The largest absolute Gasteiger partial charge is 0.480 e. The predicted octanol–water partition coefficient (Wildman–Crippen LogP) is -0.382. The molecule has 0 aromatic rings. The Hall–Kier alpha value is -0.330. The Morgan fingerprint density at radius 3 is 2.42 bits per heavy atom. The first kappa shape index (κ1) is 11.7. The van der Waals surface area contributed by atoms with Crippen LogP contribution < -0.4 is 4.84 Å². The zero-order chi connectivity index (χ0) is 9.78. The van der Waals surface area contributed by atoms with E-state index >= 15 is 0 Å². The first-order valence-electron chi connectivity index (χ1n) is 3.13. The van der Waals surface area contributed by atoms with Crippen LogP contribution in [-0.2, 0) is 14.6 Å². The van der Waals surface area contributed by atoms with Gasteiger partial charge in [0.15, 0.2) is 0 Å². The molecular weight excluding hydrogens is 206 g/mol. The Morgan fingerprint density at radius 1 is 1.67 bits per heavy atom.